The van der Waals surface area contributed by atoms with Gasteiger partial charge in [-0.25, -0.2) is 0 Å². The highest BCUT2D eigenvalue weighted by molar-refractivity contribution is 5.96. The molecule has 1 aliphatic heterocycles. The Hall–Kier alpha value is -2.37. The third-order valence-electron chi connectivity index (χ3n) is 4.42. The lowest BCUT2D eigenvalue weighted by Crippen LogP contribution is -2.47. The lowest BCUT2D eigenvalue weighted by molar-refractivity contribution is -0.143. The van der Waals surface area contributed by atoms with Crippen LogP contribution in [-0.2, 0) is 9.59 Å². The quantitative estimate of drug-likeness (QED) is 0.887. The first kappa shape index (κ1) is 18.0. The second-order valence-corrected chi connectivity index (χ2v) is 6.64. The number of amides is 2. The minimum atomic E-state index is -0.855. The molecule has 2 atom stereocenters. The van der Waals surface area contributed by atoms with Crippen molar-refractivity contribution in [1.82, 2.24) is 4.90 Å². The van der Waals surface area contributed by atoms with Gasteiger partial charge >= 0.3 is 5.97 Å². The smallest absolute Gasteiger partial charge is 0.308 e. The third-order valence-corrected chi connectivity index (χ3v) is 4.42. The highest BCUT2D eigenvalue weighted by Crippen LogP contribution is 2.24. The average Bonchev–Trinajstić information content (AvgIpc) is 2.55. The summed E-state index contributed by atoms with van der Waals surface area (Å²) in [5.41, 5.74) is 1.13. The monoisotopic (exact) mass is 332 g/mol. The Morgan fingerprint density at radius 2 is 1.79 bits per heavy atom. The van der Waals surface area contributed by atoms with Crippen LogP contribution in [0.3, 0.4) is 0 Å². The van der Waals surface area contributed by atoms with Gasteiger partial charge in [-0.3, -0.25) is 14.4 Å². The van der Waals surface area contributed by atoms with E-state index < -0.39 is 11.9 Å². The van der Waals surface area contributed by atoms with E-state index in [9.17, 15) is 19.5 Å². The van der Waals surface area contributed by atoms with Crippen LogP contribution >= 0.6 is 0 Å². The molecule has 1 aromatic rings. The number of benzene rings is 1. The molecule has 6 nitrogen and oxygen atoms in total. The van der Waals surface area contributed by atoms with Crippen LogP contribution in [0.15, 0.2) is 24.3 Å². The maximum absolute atomic E-state index is 12.7. The van der Waals surface area contributed by atoms with E-state index >= 15 is 0 Å². The summed E-state index contributed by atoms with van der Waals surface area (Å²) in [5, 5.41) is 12.0. The molecule has 0 spiro atoms. The maximum Gasteiger partial charge on any atom is 0.308 e. The maximum atomic E-state index is 12.7. The van der Waals surface area contributed by atoms with Gasteiger partial charge in [-0.15, -0.1) is 0 Å². The van der Waals surface area contributed by atoms with Gasteiger partial charge in [0.15, 0.2) is 0 Å². The molecule has 2 N–H and O–H groups in total. The molecular weight excluding hydrogens is 308 g/mol. The number of carbonyl (C=O) groups excluding carboxylic acids is 2. The topological polar surface area (TPSA) is 86.7 Å². The first-order chi connectivity index (χ1) is 11.3. The highest BCUT2D eigenvalue weighted by atomic mass is 16.4. The molecule has 2 amide bonds. The fourth-order valence-electron chi connectivity index (χ4n) is 2.74. The molecule has 2 rings (SSSR count). The second-order valence-electron chi connectivity index (χ2n) is 6.64. The van der Waals surface area contributed by atoms with Crippen molar-refractivity contribution in [2.24, 2.45) is 11.8 Å². The Bertz CT molecular complexity index is 624. The molecule has 0 radical (unpaired) electrons. The molecule has 1 heterocycles. The van der Waals surface area contributed by atoms with Gasteiger partial charge in [0.2, 0.25) is 5.91 Å². The highest BCUT2D eigenvalue weighted by Gasteiger charge is 2.32. The SMILES string of the molecule is CC(C)C(=O)Nc1ccc(C(=O)N2CC(C(=O)O)CCC2C)cc1. The number of aliphatic carboxylic acids is 1. The minimum Gasteiger partial charge on any atom is -0.481 e. The molecule has 1 aliphatic rings. The van der Waals surface area contributed by atoms with Gasteiger partial charge in [-0.05, 0) is 44.0 Å². The summed E-state index contributed by atoms with van der Waals surface area (Å²) >= 11 is 0. The van der Waals surface area contributed by atoms with Crippen molar-refractivity contribution in [3.63, 3.8) is 0 Å². The van der Waals surface area contributed by atoms with Crippen LogP contribution in [-0.4, -0.2) is 40.4 Å². The average molecular weight is 332 g/mol. The van der Waals surface area contributed by atoms with Crippen LogP contribution in [0.1, 0.15) is 44.0 Å². The Kier molecular flexibility index (Phi) is 5.59. The Labute approximate surface area is 141 Å². The number of piperidine rings is 1. The summed E-state index contributed by atoms with van der Waals surface area (Å²) in [6.07, 6.45) is 1.28. The molecule has 2 unspecified atom stereocenters. The standard InChI is InChI=1S/C18H24N2O4/c1-11(2)16(21)19-15-8-6-13(7-9-15)17(22)20-10-14(18(23)24)5-4-12(20)3/h6-9,11-12,14H,4-5,10H2,1-3H3,(H,19,21)(H,23,24). The van der Waals surface area contributed by atoms with Gasteiger partial charge in [-0.1, -0.05) is 13.8 Å². The predicted octanol–water partition coefficient (Wildman–Crippen LogP) is 2.61. The molecule has 1 fully saturated rings. The number of rotatable bonds is 4. The number of carboxylic acid groups (broad SMARTS) is 1. The largest absolute Gasteiger partial charge is 0.481 e. The summed E-state index contributed by atoms with van der Waals surface area (Å²) in [7, 11) is 0. The van der Waals surface area contributed by atoms with E-state index in [0.717, 1.165) is 0 Å². The van der Waals surface area contributed by atoms with Gasteiger partial charge in [0.1, 0.15) is 0 Å². The number of likely N-dealkylation sites (tertiary alicyclic amines) is 1. The lowest BCUT2D eigenvalue weighted by atomic mass is 9.93. The molecule has 0 bridgehead atoms. The van der Waals surface area contributed by atoms with E-state index in [2.05, 4.69) is 5.32 Å². The molecule has 1 aromatic carbocycles. The summed E-state index contributed by atoms with van der Waals surface area (Å²) < 4.78 is 0. The van der Waals surface area contributed by atoms with E-state index in [1.165, 1.54) is 0 Å². The molecular formula is C18H24N2O4. The molecule has 24 heavy (non-hydrogen) atoms. The molecule has 0 aliphatic carbocycles. The predicted molar refractivity (Wildman–Crippen MR) is 90.8 cm³/mol. The summed E-state index contributed by atoms with van der Waals surface area (Å²) in [5.74, 6) is -1.73. The molecule has 6 heteroatoms. The van der Waals surface area contributed by atoms with Crippen molar-refractivity contribution >= 4 is 23.5 Å². The number of carboxylic acids is 1. The van der Waals surface area contributed by atoms with Crippen molar-refractivity contribution < 1.29 is 19.5 Å². The van der Waals surface area contributed by atoms with Crippen LogP contribution in [0, 0.1) is 11.8 Å². The van der Waals surface area contributed by atoms with Gasteiger partial charge in [0.25, 0.3) is 5.91 Å². The normalized spacial score (nSPS) is 20.8. The zero-order valence-electron chi connectivity index (χ0n) is 14.3. The summed E-state index contributed by atoms with van der Waals surface area (Å²) in [4.78, 5) is 37.2. The number of nitrogens with zero attached hydrogens (tertiary/aromatic N) is 1. The Balaban J connectivity index is 2.08. The molecule has 0 aromatic heterocycles. The van der Waals surface area contributed by atoms with E-state index in [-0.39, 0.29) is 30.3 Å². The summed E-state index contributed by atoms with van der Waals surface area (Å²) in [6.45, 7) is 5.79. The van der Waals surface area contributed by atoms with E-state index in [4.69, 9.17) is 0 Å². The van der Waals surface area contributed by atoms with Crippen LogP contribution in [0.4, 0.5) is 5.69 Å². The molecule has 0 saturated carbocycles. The van der Waals surface area contributed by atoms with Gasteiger partial charge < -0.3 is 15.3 Å². The van der Waals surface area contributed by atoms with Crippen molar-refractivity contribution in [3.8, 4) is 0 Å². The van der Waals surface area contributed by atoms with E-state index in [1.807, 2.05) is 20.8 Å². The number of hydrogen-bond acceptors (Lipinski definition) is 3. The molecule has 1 saturated heterocycles. The molecule has 130 valence electrons. The number of anilines is 1. The third kappa shape index (κ3) is 4.13. The summed E-state index contributed by atoms with van der Waals surface area (Å²) in [6, 6.07) is 6.73. The van der Waals surface area contributed by atoms with Crippen LogP contribution < -0.4 is 5.32 Å². The zero-order valence-corrected chi connectivity index (χ0v) is 14.3. The number of carbonyl (C=O) groups is 3. The van der Waals surface area contributed by atoms with E-state index in [1.54, 1.807) is 29.2 Å². The van der Waals surface area contributed by atoms with Gasteiger partial charge in [0, 0.05) is 29.8 Å². The van der Waals surface area contributed by atoms with Crippen LogP contribution in [0.5, 0.6) is 0 Å². The van der Waals surface area contributed by atoms with Gasteiger partial charge in [0.05, 0.1) is 5.92 Å². The number of hydrogen-bond donors (Lipinski definition) is 2. The second kappa shape index (κ2) is 7.47. The van der Waals surface area contributed by atoms with Crippen LogP contribution in [0.2, 0.25) is 0 Å². The van der Waals surface area contributed by atoms with Gasteiger partial charge in [-0.2, -0.15) is 0 Å². The van der Waals surface area contributed by atoms with Crippen molar-refractivity contribution in [3.05, 3.63) is 29.8 Å². The fraction of sp³-hybridized carbons (Fsp3) is 0.500. The first-order valence-corrected chi connectivity index (χ1v) is 8.24. The van der Waals surface area contributed by atoms with Crippen LogP contribution in [0.25, 0.3) is 0 Å². The van der Waals surface area contributed by atoms with Crippen molar-refractivity contribution in [1.29, 1.82) is 0 Å². The Morgan fingerprint density at radius 3 is 2.33 bits per heavy atom. The first-order valence-electron chi connectivity index (χ1n) is 8.24. The zero-order chi connectivity index (χ0) is 17.9. The lowest BCUT2D eigenvalue weighted by Gasteiger charge is -2.36. The minimum absolute atomic E-state index is 0.0217. The Morgan fingerprint density at radius 1 is 1.17 bits per heavy atom. The van der Waals surface area contributed by atoms with E-state index in [0.29, 0.717) is 24.1 Å². The van der Waals surface area contributed by atoms with Crippen molar-refractivity contribution in [2.45, 2.75) is 39.7 Å². The number of nitrogens with one attached hydrogen (secondary N) is 1. The fourth-order valence-corrected chi connectivity index (χ4v) is 2.74. The van der Waals surface area contributed by atoms with Crippen molar-refractivity contribution in [2.75, 3.05) is 11.9 Å².